The Hall–Kier alpha value is -2.58. The molecule has 1 heterocycles. The number of esters is 1. The molecule has 0 spiro atoms. The van der Waals surface area contributed by atoms with Crippen LogP contribution >= 0.6 is 27.5 Å². The maximum atomic E-state index is 12.4. The van der Waals surface area contributed by atoms with Gasteiger partial charge in [0.25, 0.3) is 5.91 Å². The molecule has 1 aliphatic rings. The van der Waals surface area contributed by atoms with E-state index in [-0.39, 0.29) is 18.9 Å². The van der Waals surface area contributed by atoms with Gasteiger partial charge in [-0.25, -0.2) is 0 Å². The van der Waals surface area contributed by atoms with Gasteiger partial charge in [0.05, 0.1) is 23.7 Å². The van der Waals surface area contributed by atoms with E-state index in [1.807, 2.05) is 0 Å². The van der Waals surface area contributed by atoms with Crippen LogP contribution in [0.2, 0.25) is 5.02 Å². The largest absolute Gasteiger partial charge is 0.495 e. The van der Waals surface area contributed by atoms with E-state index in [0.717, 1.165) is 0 Å². The number of anilines is 2. The van der Waals surface area contributed by atoms with Crippen LogP contribution in [0.1, 0.15) is 6.42 Å². The number of carbonyl (C=O) groups is 3. The standard InChI is InChI=1S/C20H18BrClN2O5/c1-28-17-5-3-2-4-16(17)24-10-12(8-19(24)26)20(27)29-11-18(25)23-13-6-7-14(21)15(22)9-13/h2-7,9,12H,8,10-11H2,1H3,(H,23,25)/t12-/m0/s1. The summed E-state index contributed by atoms with van der Waals surface area (Å²) in [4.78, 5) is 38.2. The predicted octanol–water partition coefficient (Wildman–Crippen LogP) is 3.65. The van der Waals surface area contributed by atoms with E-state index in [1.54, 1.807) is 42.5 Å². The van der Waals surface area contributed by atoms with Crippen LogP contribution in [0.4, 0.5) is 11.4 Å². The van der Waals surface area contributed by atoms with Crippen LogP contribution in [-0.2, 0) is 19.1 Å². The SMILES string of the molecule is COc1ccccc1N1C[C@@H](C(=O)OCC(=O)Nc2ccc(Br)c(Cl)c2)CC1=O. The molecule has 7 nitrogen and oxygen atoms in total. The number of methoxy groups -OCH3 is 1. The summed E-state index contributed by atoms with van der Waals surface area (Å²) in [5, 5.41) is 3.04. The molecule has 2 aromatic rings. The number of halogens is 2. The van der Waals surface area contributed by atoms with E-state index < -0.39 is 24.4 Å². The lowest BCUT2D eigenvalue weighted by Crippen LogP contribution is -2.28. The molecular weight excluding hydrogens is 464 g/mol. The number of hydrogen-bond acceptors (Lipinski definition) is 5. The van der Waals surface area contributed by atoms with Crippen molar-refractivity contribution in [2.24, 2.45) is 5.92 Å². The van der Waals surface area contributed by atoms with Gasteiger partial charge in [-0.3, -0.25) is 14.4 Å². The Bertz CT molecular complexity index is 952. The topological polar surface area (TPSA) is 84.9 Å². The number of carbonyl (C=O) groups excluding carboxylic acids is 3. The lowest BCUT2D eigenvalue weighted by molar-refractivity contribution is -0.151. The van der Waals surface area contributed by atoms with Crippen molar-refractivity contribution >= 4 is 56.7 Å². The van der Waals surface area contributed by atoms with Crippen LogP contribution in [-0.4, -0.2) is 38.0 Å². The molecule has 1 atom stereocenters. The first kappa shape index (κ1) is 21.1. The highest BCUT2D eigenvalue weighted by atomic mass is 79.9. The lowest BCUT2D eigenvalue weighted by Gasteiger charge is -2.19. The molecule has 0 aliphatic carbocycles. The minimum absolute atomic E-state index is 0.0147. The number of benzene rings is 2. The normalized spacial score (nSPS) is 15.9. The van der Waals surface area contributed by atoms with Crippen molar-refractivity contribution in [3.05, 3.63) is 52.0 Å². The molecule has 152 valence electrons. The summed E-state index contributed by atoms with van der Waals surface area (Å²) >= 11 is 9.25. The summed E-state index contributed by atoms with van der Waals surface area (Å²) in [6.07, 6.45) is 0.0147. The molecular formula is C20H18BrClN2O5. The first-order chi connectivity index (χ1) is 13.9. The van der Waals surface area contributed by atoms with Crippen molar-refractivity contribution in [2.45, 2.75) is 6.42 Å². The number of rotatable bonds is 6. The summed E-state index contributed by atoms with van der Waals surface area (Å²) in [6, 6.07) is 12.0. The second-order valence-corrected chi connectivity index (χ2v) is 7.62. The third-order valence-electron chi connectivity index (χ3n) is 4.38. The first-order valence-electron chi connectivity index (χ1n) is 8.74. The van der Waals surface area contributed by atoms with Gasteiger partial charge in [-0.2, -0.15) is 0 Å². The average molecular weight is 482 g/mol. The number of para-hydroxylation sites is 2. The molecule has 2 amide bonds. The molecule has 0 radical (unpaired) electrons. The highest BCUT2D eigenvalue weighted by Gasteiger charge is 2.37. The number of ether oxygens (including phenoxy) is 2. The molecule has 1 N–H and O–H groups in total. The van der Waals surface area contributed by atoms with Gasteiger partial charge in [0, 0.05) is 23.1 Å². The Morgan fingerprint density at radius 3 is 2.76 bits per heavy atom. The molecule has 0 unspecified atom stereocenters. The monoisotopic (exact) mass is 480 g/mol. The Labute approximate surface area is 181 Å². The molecule has 1 fully saturated rings. The molecule has 0 aromatic heterocycles. The molecule has 9 heteroatoms. The molecule has 1 aliphatic heterocycles. The number of hydrogen-bond donors (Lipinski definition) is 1. The summed E-state index contributed by atoms with van der Waals surface area (Å²) < 4.78 is 11.1. The molecule has 3 rings (SSSR count). The van der Waals surface area contributed by atoms with Crippen LogP contribution < -0.4 is 15.0 Å². The molecule has 1 saturated heterocycles. The minimum Gasteiger partial charge on any atom is -0.495 e. The van der Waals surface area contributed by atoms with E-state index in [9.17, 15) is 14.4 Å². The summed E-state index contributed by atoms with van der Waals surface area (Å²) in [7, 11) is 1.52. The molecule has 0 bridgehead atoms. The summed E-state index contributed by atoms with van der Waals surface area (Å²) in [5.41, 5.74) is 1.08. The van der Waals surface area contributed by atoms with Crippen molar-refractivity contribution in [1.29, 1.82) is 0 Å². The third kappa shape index (κ3) is 5.07. The van der Waals surface area contributed by atoms with Gasteiger partial charge >= 0.3 is 5.97 Å². The maximum Gasteiger partial charge on any atom is 0.311 e. The maximum absolute atomic E-state index is 12.4. The molecule has 2 aromatic carbocycles. The van der Waals surface area contributed by atoms with Crippen molar-refractivity contribution in [1.82, 2.24) is 0 Å². The first-order valence-corrected chi connectivity index (χ1v) is 9.91. The van der Waals surface area contributed by atoms with Gasteiger partial charge in [0.2, 0.25) is 5.91 Å². The third-order valence-corrected chi connectivity index (χ3v) is 5.62. The van der Waals surface area contributed by atoms with Crippen LogP contribution in [0.3, 0.4) is 0 Å². The zero-order valence-electron chi connectivity index (χ0n) is 15.5. The van der Waals surface area contributed by atoms with Crippen LogP contribution in [0, 0.1) is 5.92 Å². The Morgan fingerprint density at radius 1 is 1.28 bits per heavy atom. The van der Waals surface area contributed by atoms with Crippen LogP contribution in [0.5, 0.6) is 5.75 Å². The van der Waals surface area contributed by atoms with Crippen molar-refractivity contribution < 1.29 is 23.9 Å². The van der Waals surface area contributed by atoms with Gasteiger partial charge in [0.1, 0.15) is 5.75 Å². The Balaban J connectivity index is 1.55. The average Bonchev–Trinajstić information content (AvgIpc) is 3.10. The predicted molar refractivity (Wildman–Crippen MR) is 112 cm³/mol. The van der Waals surface area contributed by atoms with E-state index in [4.69, 9.17) is 21.1 Å². The Kier molecular flexibility index (Phi) is 6.76. The second kappa shape index (κ2) is 9.28. The highest BCUT2D eigenvalue weighted by molar-refractivity contribution is 9.10. The van der Waals surface area contributed by atoms with Crippen LogP contribution in [0.15, 0.2) is 46.9 Å². The van der Waals surface area contributed by atoms with E-state index in [1.165, 1.54) is 12.0 Å². The van der Waals surface area contributed by atoms with E-state index in [0.29, 0.717) is 26.6 Å². The molecule has 0 saturated carbocycles. The van der Waals surface area contributed by atoms with Gasteiger partial charge < -0.3 is 19.7 Å². The number of nitrogens with zero attached hydrogens (tertiary/aromatic N) is 1. The van der Waals surface area contributed by atoms with Gasteiger partial charge in [-0.05, 0) is 46.3 Å². The summed E-state index contributed by atoms with van der Waals surface area (Å²) in [5.74, 6) is -1.41. The zero-order chi connectivity index (χ0) is 21.0. The second-order valence-electron chi connectivity index (χ2n) is 6.36. The smallest absolute Gasteiger partial charge is 0.311 e. The number of amides is 2. The van der Waals surface area contributed by atoms with Crippen LogP contribution in [0.25, 0.3) is 0 Å². The summed E-state index contributed by atoms with van der Waals surface area (Å²) in [6.45, 7) is -0.284. The van der Waals surface area contributed by atoms with Crippen molar-refractivity contribution in [2.75, 3.05) is 30.5 Å². The van der Waals surface area contributed by atoms with Gasteiger partial charge in [0.15, 0.2) is 6.61 Å². The Morgan fingerprint density at radius 2 is 2.03 bits per heavy atom. The zero-order valence-corrected chi connectivity index (χ0v) is 17.8. The fourth-order valence-electron chi connectivity index (χ4n) is 2.98. The highest BCUT2D eigenvalue weighted by Crippen LogP contribution is 2.33. The molecule has 29 heavy (non-hydrogen) atoms. The minimum atomic E-state index is -0.651. The van der Waals surface area contributed by atoms with Gasteiger partial charge in [-0.1, -0.05) is 23.7 Å². The van der Waals surface area contributed by atoms with Gasteiger partial charge in [-0.15, -0.1) is 0 Å². The fourth-order valence-corrected chi connectivity index (χ4v) is 3.40. The van der Waals surface area contributed by atoms with Crippen molar-refractivity contribution in [3.8, 4) is 5.75 Å². The van der Waals surface area contributed by atoms with E-state index in [2.05, 4.69) is 21.2 Å². The fraction of sp³-hybridized carbons (Fsp3) is 0.250. The quantitative estimate of drug-likeness (QED) is 0.637. The number of nitrogens with one attached hydrogen (secondary N) is 1. The lowest BCUT2D eigenvalue weighted by atomic mass is 10.1. The van der Waals surface area contributed by atoms with Crippen molar-refractivity contribution in [3.63, 3.8) is 0 Å². The van der Waals surface area contributed by atoms with E-state index >= 15 is 0 Å².